The van der Waals surface area contributed by atoms with Crippen molar-refractivity contribution in [1.82, 2.24) is 25.8 Å². The second-order valence-electron chi connectivity index (χ2n) is 9.65. The molecule has 0 aliphatic carbocycles. The summed E-state index contributed by atoms with van der Waals surface area (Å²) in [7, 11) is 3.03. The first kappa shape index (κ1) is 32.3. The van der Waals surface area contributed by atoms with Crippen molar-refractivity contribution in [1.29, 1.82) is 0 Å². The van der Waals surface area contributed by atoms with E-state index in [9.17, 15) is 18.8 Å². The van der Waals surface area contributed by atoms with E-state index in [1.165, 1.54) is 18.4 Å². The van der Waals surface area contributed by atoms with Gasteiger partial charge in [-0.05, 0) is 17.7 Å². The maximum Gasteiger partial charge on any atom is 0.322 e. The molecule has 2 fully saturated rings. The van der Waals surface area contributed by atoms with Crippen molar-refractivity contribution >= 4 is 35.4 Å². The summed E-state index contributed by atoms with van der Waals surface area (Å²) in [5, 5.41) is 8.06. The van der Waals surface area contributed by atoms with E-state index in [4.69, 9.17) is 14.1 Å². The summed E-state index contributed by atoms with van der Waals surface area (Å²) in [6.07, 6.45) is 5.87. The minimum atomic E-state index is -0.791. The van der Waals surface area contributed by atoms with Gasteiger partial charge in [-0.1, -0.05) is 46.3 Å². The molecule has 4 amide bonds. The number of benzene rings is 1. The number of nitrogens with zero attached hydrogens (tertiary/aromatic N) is 3. The third-order valence-corrected chi connectivity index (χ3v) is 6.50. The zero-order chi connectivity index (χ0) is 30.8. The molecular formula is C30H41FN6O5. The molecule has 1 aromatic heterocycles. The number of hydrogen-bond acceptors (Lipinski definition) is 8. The van der Waals surface area contributed by atoms with Crippen molar-refractivity contribution in [2.45, 2.75) is 53.1 Å². The first-order chi connectivity index (χ1) is 20.3. The van der Waals surface area contributed by atoms with E-state index < -0.39 is 23.8 Å². The van der Waals surface area contributed by atoms with Gasteiger partial charge in [0, 0.05) is 52.3 Å². The molecule has 12 heteroatoms. The molecule has 0 radical (unpaired) electrons. The van der Waals surface area contributed by atoms with Gasteiger partial charge in [-0.3, -0.25) is 14.9 Å². The number of piperazine rings is 1. The van der Waals surface area contributed by atoms with Crippen LogP contribution in [0.25, 0.3) is 6.08 Å². The number of ether oxygens (including phenoxy) is 1. The topological polar surface area (TPSA) is 129 Å². The summed E-state index contributed by atoms with van der Waals surface area (Å²) in [5.74, 6) is 0.874. The molecule has 1 atom stereocenters. The van der Waals surface area contributed by atoms with Crippen LogP contribution < -0.4 is 20.7 Å². The Morgan fingerprint density at radius 2 is 1.83 bits per heavy atom. The normalized spacial score (nSPS) is 18.5. The van der Waals surface area contributed by atoms with E-state index in [0.717, 1.165) is 44.0 Å². The zero-order valence-electron chi connectivity index (χ0n) is 25.2. The second-order valence-corrected chi connectivity index (χ2v) is 9.65. The Balaban J connectivity index is 0.000000218. The number of amidine groups is 1. The number of urea groups is 1. The standard InChI is InChI=1S/C15H17N5O3.C10H10FNO2.C3H8.C2H6/c21-14-13(18-15(22)19-14)11-8-9-10(23-11)2-1-3-12(17-9)20-6-4-16-5-7-20;1-12-5-6-3-4-7(14-2)9(11)8(6)10(12)13;1-3-2;1-2/h1-2,8,13,16H,3-7H2,(H2,18,19,21,22);3-4H,5H2,1-2H3;3H2,1-2H3;1-2H3. The summed E-state index contributed by atoms with van der Waals surface area (Å²) in [6.45, 7) is 12.5. The number of amides is 4. The fourth-order valence-electron chi connectivity index (χ4n) is 4.60. The average molecular weight is 585 g/mol. The van der Waals surface area contributed by atoms with Crippen molar-refractivity contribution in [3.05, 3.63) is 52.7 Å². The molecule has 4 aliphatic heterocycles. The van der Waals surface area contributed by atoms with Crippen LogP contribution in [0.2, 0.25) is 0 Å². The van der Waals surface area contributed by atoms with E-state index in [1.807, 2.05) is 26.0 Å². The monoisotopic (exact) mass is 584 g/mol. The first-order valence-electron chi connectivity index (χ1n) is 14.3. The maximum atomic E-state index is 13.6. The van der Waals surface area contributed by atoms with Gasteiger partial charge in [0.15, 0.2) is 23.4 Å². The Hall–Kier alpha value is -4.19. The first-order valence-corrected chi connectivity index (χ1v) is 14.3. The molecule has 1 unspecified atom stereocenters. The third kappa shape index (κ3) is 7.35. The lowest BCUT2D eigenvalue weighted by atomic mass is 10.1. The van der Waals surface area contributed by atoms with Gasteiger partial charge in [-0.25, -0.2) is 14.2 Å². The van der Waals surface area contributed by atoms with E-state index in [2.05, 4.69) is 34.7 Å². The van der Waals surface area contributed by atoms with Crippen LogP contribution in [0, 0.1) is 5.82 Å². The van der Waals surface area contributed by atoms with Crippen LogP contribution in [0.1, 0.15) is 74.0 Å². The fraction of sp³-hybridized carbons (Fsp3) is 0.467. The van der Waals surface area contributed by atoms with Crippen LogP contribution in [0.4, 0.5) is 14.9 Å². The highest BCUT2D eigenvalue weighted by Gasteiger charge is 2.34. The summed E-state index contributed by atoms with van der Waals surface area (Å²) in [6, 6.07) is 3.69. The van der Waals surface area contributed by atoms with E-state index in [-0.39, 0.29) is 17.2 Å². The lowest BCUT2D eigenvalue weighted by Crippen LogP contribution is -2.46. The molecule has 0 spiro atoms. The molecular weight excluding hydrogens is 543 g/mol. The quantitative estimate of drug-likeness (QED) is 0.447. The number of carbonyl (C=O) groups excluding carboxylic acids is 3. The van der Waals surface area contributed by atoms with Crippen LogP contribution >= 0.6 is 0 Å². The molecule has 2 aromatic rings. The van der Waals surface area contributed by atoms with Crippen LogP contribution in [0.5, 0.6) is 5.75 Å². The number of furan rings is 1. The molecule has 42 heavy (non-hydrogen) atoms. The van der Waals surface area contributed by atoms with Gasteiger partial charge in [-0.2, -0.15) is 0 Å². The summed E-state index contributed by atoms with van der Waals surface area (Å²) in [5.41, 5.74) is 1.55. The molecule has 3 N–H and O–H groups in total. The van der Waals surface area contributed by atoms with Gasteiger partial charge < -0.3 is 29.6 Å². The van der Waals surface area contributed by atoms with Crippen LogP contribution in [-0.2, 0) is 11.3 Å². The van der Waals surface area contributed by atoms with Gasteiger partial charge in [0.25, 0.3) is 11.8 Å². The SMILES string of the molecule is CC.CCC.COc1ccc2c(c1F)C(=O)N(C)C2.O=C1NC(=O)C(c2cc3c(o2)C=CCC(N2CCNCC2)=N3)N1. The molecule has 1 aromatic carbocycles. The third-order valence-electron chi connectivity index (χ3n) is 6.50. The lowest BCUT2D eigenvalue weighted by Gasteiger charge is -2.29. The lowest BCUT2D eigenvalue weighted by molar-refractivity contribution is -0.120. The predicted octanol–water partition coefficient (Wildman–Crippen LogP) is 4.37. The summed E-state index contributed by atoms with van der Waals surface area (Å²) < 4.78 is 24.2. The van der Waals surface area contributed by atoms with Gasteiger partial charge in [-0.15, -0.1) is 0 Å². The van der Waals surface area contributed by atoms with E-state index in [0.29, 0.717) is 23.8 Å². The van der Waals surface area contributed by atoms with Crippen LogP contribution in [0.3, 0.4) is 0 Å². The molecule has 11 nitrogen and oxygen atoms in total. The number of hydrogen-bond donors (Lipinski definition) is 3. The molecule has 6 rings (SSSR count). The number of imide groups is 1. The van der Waals surface area contributed by atoms with Crippen molar-refractivity contribution in [2.75, 3.05) is 40.3 Å². The van der Waals surface area contributed by atoms with Gasteiger partial charge in [0.1, 0.15) is 17.3 Å². The number of carbonyl (C=O) groups is 3. The number of halogens is 1. The summed E-state index contributed by atoms with van der Waals surface area (Å²) in [4.78, 5) is 43.0. The van der Waals surface area contributed by atoms with Crippen molar-refractivity contribution in [3.8, 4) is 5.75 Å². The van der Waals surface area contributed by atoms with E-state index in [1.54, 1.807) is 25.2 Å². The second kappa shape index (κ2) is 15.2. The average Bonchev–Trinajstić information content (AvgIpc) is 3.59. The molecule has 5 heterocycles. The minimum absolute atomic E-state index is 0.118. The highest BCUT2D eigenvalue weighted by atomic mass is 19.1. The van der Waals surface area contributed by atoms with Crippen molar-refractivity contribution in [2.24, 2.45) is 4.99 Å². The van der Waals surface area contributed by atoms with Crippen molar-refractivity contribution < 1.29 is 27.9 Å². The minimum Gasteiger partial charge on any atom is -0.494 e. The Labute approximate surface area is 246 Å². The highest BCUT2D eigenvalue weighted by Crippen LogP contribution is 2.33. The van der Waals surface area contributed by atoms with Crippen LogP contribution in [-0.4, -0.2) is 73.8 Å². The Kier molecular flexibility index (Phi) is 11.7. The largest absolute Gasteiger partial charge is 0.494 e. The van der Waals surface area contributed by atoms with E-state index >= 15 is 0 Å². The Morgan fingerprint density at radius 1 is 1.14 bits per heavy atom. The smallest absolute Gasteiger partial charge is 0.322 e. The fourth-order valence-corrected chi connectivity index (χ4v) is 4.60. The Bertz CT molecular complexity index is 1330. The maximum absolute atomic E-state index is 13.6. The molecule has 0 saturated carbocycles. The predicted molar refractivity (Wildman–Crippen MR) is 159 cm³/mol. The molecule has 2 saturated heterocycles. The van der Waals surface area contributed by atoms with Gasteiger partial charge in [0.05, 0.1) is 12.7 Å². The zero-order valence-corrected chi connectivity index (χ0v) is 25.2. The molecule has 4 aliphatic rings. The number of methoxy groups -OCH3 is 1. The Morgan fingerprint density at radius 3 is 2.45 bits per heavy atom. The molecule has 228 valence electrons. The highest BCUT2D eigenvalue weighted by molar-refractivity contribution is 6.04. The van der Waals surface area contributed by atoms with Crippen molar-refractivity contribution in [3.63, 3.8) is 0 Å². The number of aliphatic imine (C=N–C) groups is 1. The van der Waals surface area contributed by atoms with Gasteiger partial charge in [0.2, 0.25) is 0 Å². The summed E-state index contributed by atoms with van der Waals surface area (Å²) >= 11 is 0. The number of rotatable bonds is 2. The van der Waals surface area contributed by atoms with Crippen LogP contribution in [0.15, 0.2) is 33.7 Å². The number of fused-ring (bicyclic) bond motifs is 2. The molecule has 0 bridgehead atoms. The van der Waals surface area contributed by atoms with Gasteiger partial charge >= 0.3 is 6.03 Å². The number of nitrogens with one attached hydrogen (secondary N) is 3.